The van der Waals surface area contributed by atoms with Crippen molar-refractivity contribution in [2.24, 2.45) is 0 Å². The maximum Gasteiger partial charge on any atom is 0.411 e. The fraction of sp³-hybridized carbons (Fsp3) is 0.444. The van der Waals surface area contributed by atoms with Gasteiger partial charge in [-0.05, 0) is 90.3 Å². The number of β-amino-alcohol motifs (C(OH)–C–C–N with tert-alkyl or cyclic N) is 1. The number of rotatable bonds is 3. The third kappa shape index (κ3) is 7.44. The molecule has 3 atom stereocenters. The summed E-state index contributed by atoms with van der Waals surface area (Å²) in [5.41, 5.74) is 3.89. The Bertz CT molecular complexity index is 1840. The summed E-state index contributed by atoms with van der Waals surface area (Å²) in [5.74, 6) is 7.83. The molecule has 0 spiro atoms. The fourth-order valence-corrected chi connectivity index (χ4v) is 5.98. The molecule has 2 amide bonds. The van der Waals surface area contributed by atoms with Gasteiger partial charge in [-0.1, -0.05) is 24.0 Å². The van der Waals surface area contributed by atoms with Crippen molar-refractivity contribution in [1.82, 2.24) is 29.7 Å². The number of nitrogens with one attached hydrogen (secondary N) is 2. The lowest BCUT2D eigenvalue weighted by atomic mass is 10.1. The normalized spacial score (nSPS) is 19.9. The van der Waals surface area contributed by atoms with E-state index in [4.69, 9.17) is 14.5 Å². The Morgan fingerprint density at radius 3 is 2.23 bits per heavy atom. The summed E-state index contributed by atoms with van der Waals surface area (Å²) in [6, 6.07) is 13.1. The molecule has 2 aromatic heterocycles. The molecule has 3 N–H and O–H groups in total. The number of aromatic amines is 2. The number of ether oxygens (including phenoxy) is 2. The van der Waals surface area contributed by atoms with Gasteiger partial charge in [-0.25, -0.2) is 19.6 Å². The number of hydrogen-bond donors (Lipinski definition) is 3. The van der Waals surface area contributed by atoms with Crippen LogP contribution in [0.4, 0.5) is 9.59 Å². The summed E-state index contributed by atoms with van der Waals surface area (Å²) in [7, 11) is 0. The highest BCUT2D eigenvalue weighted by Crippen LogP contribution is 2.34. The van der Waals surface area contributed by atoms with Crippen molar-refractivity contribution < 1.29 is 24.2 Å². The van der Waals surface area contributed by atoms with Crippen molar-refractivity contribution in [3.8, 4) is 23.1 Å². The van der Waals surface area contributed by atoms with E-state index in [1.807, 2.05) is 84.0 Å². The van der Waals surface area contributed by atoms with Crippen LogP contribution in [0.2, 0.25) is 0 Å². The van der Waals surface area contributed by atoms with Gasteiger partial charge in [-0.3, -0.25) is 9.80 Å². The minimum atomic E-state index is -0.648. The zero-order valence-electron chi connectivity index (χ0n) is 27.8. The van der Waals surface area contributed by atoms with Crippen LogP contribution in [0.25, 0.3) is 22.3 Å². The summed E-state index contributed by atoms with van der Waals surface area (Å²) in [6.07, 6.45) is 2.49. The lowest BCUT2D eigenvalue weighted by Gasteiger charge is -2.27. The summed E-state index contributed by atoms with van der Waals surface area (Å²) in [4.78, 5) is 44.9. The van der Waals surface area contributed by atoms with Crippen LogP contribution in [-0.2, 0) is 9.47 Å². The van der Waals surface area contributed by atoms with Crippen molar-refractivity contribution >= 4 is 23.2 Å². The number of hydrogen-bond acceptors (Lipinski definition) is 7. The van der Waals surface area contributed by atoms with E-state index < -0.39 is 29.4 Å². The van der Waals surface area contributed by atoms with Gasteiger partial charge in [0.2, 0.25) is 0 Å². The van der Waals surface area contributed by atoms with Crippen LogP contribution in [0.3, 0.4) is 0 Å². The maximum atomic E-state index is 12.8. The van der Waals surface area contributed by atoms with Gasteiger partial charge >= 0.3 is 12.2 Å². The number of imidazole rings is 2. The molecule has 4 aromatic rings. The van der Waals surface area contributed by atoms with Crippen molar-refractivity contribution in [3.05, 3.63) is 71.4 Å². The van der Waals surface area contributed by atoms with Crippen LogP contribution in [0.15, 0.2) is 48.7 Å². The first kappa shape index (κ1) is 32.1. The molecule has 11 heteroatoms. The van der Waals surface area contributed by atoms with E-state index in [1.165, 1.54) is 4.90 Å². The van der Waals surface area contributed by atoms with Crippen LogP contribution >= 0.6 is 0 Å². The minimum Gasteiger partial charge on any atom is -0.444 e. The molecule has 0 radical (unpaired) electrons. The number of likely N-dealkylation sites (tertiary alicyclic amines) is 2. The second-order valence-corrected chi connectivity index (χ2v) is 14.2. The van der Waals surface area contributed by atoms with Crippen LogP contribution in [-0.4, -0.2) is 77.4 Å². The van der Waals surface area contributed by atoms with E-state index in [2.05, 4.69) is 26.8 Å². The van der Waals surface area contributed by atoms with Gasteiger partial charge in [-0.2, -0.15) is 0 Å². The Kier molecular flexibility index (Phi) is 8.49. The zero-order valence-corrected chi connectivity index (χ0v) is 27.8. The van der Waals surface area contributed by atoms with Gasteiger partial charge in [0.05, 0.1) is 47.7 Å². The van der Waals surface area contributed by atoms with Gasteiger partial charge in [0.15, 0.2) is 0 Å². The highest BCUT2D eigenvalue weighted by Gasteiger charge is 2.39. The zero-order chi connectivity index (χ0) is 33.5. The molecule has 47 heavy (non-hydrogen) atoms. The second kappa shape index (κ2) is 12.4. The van der Waals surface area contributed by atoms with E-state index in [0.29, 0.717) is 18.8 Å². The molecule has 0 bridgehead atoms. The van der Waals surface area contributed by atoms with E-state index in [9.17, 15) is 14.7 Å². The first-order valence-electron chi connectivity index (χ1n) is 16.1. The summed E-state index contributed by atoms with van der Waals surface area (Å²) < 4.78 is 11.2. The number of aliphatic hydroxyl groups excluding tert-OH is 1. The van der Waals surface area contributed by atoms with Gasteiger partial charge in [-0.15, -0.1) is 0 Å². The molecule has 0 saturated carbocycles. The SMILES string of the molecule is CC(C)(C)OC(=O)N1CCCC1c1ncc(-c2ccc(C#Cc3ccc4nc(C5CC(O)CN5C(=O)OC(C)(C)C)[nH]c4c3)cc2)[nH]1. The average molecular weight is 639 g/mol. The minimum absolute atomic E-state index is 0.138. The number of amides is 2. The number of aliphatic hydroxyl groups is 1. The molecular formula is C36H42N6O5. The standard InChI is InChI=1S/C36H42N6O5/c1-35(2,3)46-33(44)41-17-7-8-29(41)31-37-20-28(40-31)24-14-11-22(12-15-24)9-10-23-13-16-26-27(18-23)39-32(38-26)30-19-25(43)21-42(30)34(45)47-36(4,5)6/h11-16,18,20,25,29-30,43H,7-8,17,19,21H2,1-6H3,(H,37,40)(H,38,39). The van der Waals surface area contributed by atoms with Crippen molar-refractivity contribution in [2.75, 3.05) is 13.1 Å². The molecule has 246 valence electrons. The molecule has 2 fully saturated rings. The molecule has 2 aliphatic rings. The third-order valence-corrected chi connectivity index (χ3v) is 8.06. The number of aromatic nitrogens is 4. The number of benzene rings is 2. The van der Waals surface area contributed by atoms with Crippen LogP contribution < -0.4 is 0 Å². The highest BCUT2D eigenvalue weighted by atomic mass is 16.6. The van der Waals surface area contributed by atoms with E-state index in [1.54, 1.807) is 11.1 Å². The van der Waals surface area contributed by atoms with Gasteiger partial charge in [0.1, 0.15) is 22.9 Å². The summed E-state index contributed by atoms with van der Waals surface area (Å²) in [5, 5.41) is 10.3. The molecular weight excluding hydrogens is 596 g/mol. The van der Waals surface area contributed by atoms with E-state index >= 15 is 0 Å². The van der Waals surface area contributed by atoms with Crippen molar-refractivity contribution in [1.29, 1.82) is 0 Å². The molecule has 2 aromatic carbocycles. The monoisotopic (exact) mass is 638 g/mol. The first-order chi connectivity index (χ1) is 22.2. The van der Waals surface area contributed by atoms with E-state index in [0.717, 1.165) is 52.1 Å². The quantitative estimate of drug-likeness (QED) is 0.219. The van der Waals surface area contributed by atoms with Crippen LogP contribution in [0.1, 0.15) is 95.7 Å². The Labute approximate surface area is 274 Å². The topological polar surface area (TPSA) is 137 Å². The predicted octanol–water partition coefficient (Wildman–Crippen LogP) is 6.47. The van der Waals surface area contributed by atoms with Crippen LogP contribution in [0.5, 0.6) is 0 Å². The molecule has 0 aliphatic carbocycles. The number of fused-ring (bicyclic) bond motifs is 1. The molecule has 4 heterocycles. The van der Waals surface area contributed by atoms with Gasteiger partial charge < -0.3 is 24.5 Å². The summed E-state index contributed by atoms with van der Waals surface area (Å²) in [6.45, 7) is 11.9. The Hall–Kier alpha value is -4.82. The number of carbonyl (C=O) groups is 2. The van der Waals surface area contributed by atoms with E-state index in [-0.39, 0.29) is 18.7 Å². The van der Waals surface area contributed by atoms with Crippen molar-refractivity contribution in [3.63, 3.8) is 0 Å². The van der Waals surface area contributed by atoms with Crippen molar-refractivity contribution in [2.45, 2.75) is 90.2 Å². The predicted molar refractivity (Wildman–Crippen MR) is 177 cm³/mol. The fourth-order valence-electron chi connectivity index (χ4n) is 5.98. The second-order valence-electron chi connectivity index (χ2n) is 14.2. The largest absolute Gasteiger partial charge is 0.444 e. The number of H-pyrrole nitrogens is 2. The lowest BCUT2D eigenvalue weighted by molar-refractivity contribution is 0.0197. The van der Waals surface area contributed by atoms with Crippen LogP contribution in [0, 0.1) is 11.8 Å². The Morgan fingerprint density at radius 1 is 0.872 bits per heavy atom. The molecule has 3 unspecified atom stereocenters. The maximum absolute atomic E-state index is 12.8. The molecule has 2 aliphatic heterocycles. The molecule has 6 rings (SSSR count). The Balaban J connectivity index is 1.13. The molecule has 2 saturated heterocycles. The number of carbonyl (C=O) groups excluding carboxylic acids is 2. The lowest BCUT2D eigenvalue weighted by Crippen LogP contribution is -2.37. The highest BCUT2D eigenvalue weighted by molar-refractivity contribution is 5.77. The summed E-state index contributed by atoms with van der Waals surface area (Å²) >= 11 is 0. The third-order valence-electron chi connectivity index (χ3n) is 8.06. The average Bonchev–Trinajstić information content (AvgIpc) is 3.79. The molecule has 11 nitrogen and oxygen atoms in total. The first-order valence-corrected chi connectivity index (χ1v) is 16.1. The Morgan fingerprint density at radius 2 is 1.53 bits per heavy atom. The number of nitrogens with zero attached hydrogens (tertiary/aromatic N) is 4. The smallest absolute Gasteiger partial charge is 0.411 e. The van der Waals surface area contributed by atoms with Gasteiger partial charge in [0.25, 0.3) is 0 Å². The van der Waals surface area contributed by atoms with Gasteiger partial charge in [0, 0.05) is 24.1 Å².